The molecular weight excluding hydrogens is 298 g/mol. The first-order valence-electron chi connectivity index (χ1n) is 7.33. The van der Waals surface area contributed by atoms with Crippen molar-refractivity contribution in [1.82, 2.24) is 5.32 Å². The third-order valence-corrected chi connectivity index (χ3v) is 4.25. The maximum absolute atomic E-state index is 9.00. The first-order valence-corrected chi connectivity index (χ1v) is 7.33. The molecule has 1 spiro atoms. The lowest BCUT2D eigenvalue weighted by Gasteiger charge is -2.33. The van der Waals surface area contributed by atoms with E-state index in [0.717, 1.165) is 30.1 Å². The Labute approximate surface area is 135 Å². The van der Waals surface area contributed by atoms with Crippen molar-refractivity contribution in [3.8, 4) is 0 Å². The lowest BCUT2D eigenvalue weighted by Crippen LogP contribution is -2.37. The van der Waals surface area contributed by atoms with Crippen LogP contribution < -0.4 is 5.32 Å². The first-order chi connectivity index (χ1) is 10.3. The van der Waals surface area contributed by atoms with Gasteiger partial charge in [-0.3, -0.25) is 4.99 Å². The summed E-state index contributed by atoms with van der Waals surface area (Å²) in [5.74, 6) is 0.808. The summed E-state index contributed by atoms with van der Waals surface area (Å²) in [5, 5.41) is 12.2. The van der Waals surface area contributed by atoms with Crippen LogP contribution in [0.1, 0.15) is 12.8 Å². The molecular formula is C17H18ClN3O. The number of allylic oxidation sites excluding steroid dienone is 5. The van der Waals surface area contributed by atoms with Gasteiger partial charge in [0, 0.05) is 30.7 Å². The molecule has 0 aromatic carbocycles. The standard InChI is InChI=1S/C17H17N3O.ClH/c21-10-9-18-16-11-13-12-5-1-2-6-14(12)20-17(13)8-4-3-7-15(17)19-16;/h1-5,7,11,21H,6,8-10H2,(H,18,19);1H. The summed E-state index contributed by atoms with van der Waals surface area (Å²) in [5.41, 5.74) is 4.28. The first kappa shape index (κ1) is 15.0. The molecule has 4 aliphatic rings. The lowest BCUT2D eigenvalue weighted by atomic mass is 9.77. The van der Waals surface area contributed by atoms with E-state index in [4.69, 9.17) is 15.1 Å². The average Bonchev–Trinajstić information content (AvgIpc) is 2.84. The number of aliphatic imine (C=N–C) groups is 2. The van der Waals surface area contributed by atoms with Crippen molar-refractivity contribution < 1.29 is 5.11 Å². The molecule has 4 rings (SSSR count). The maximum Gasteiger partial charge on any atom is 0.132 e. The molecule has 0 aromatic rings. The molecule has 22 heavy (non-hydrogen) atoms. The van der Waals surface area contributed by atoms with Crippen LogP contribution >= 0.6 is 12.4 Å². The van der Waals surface area contributed by atoms with Crippen LogP contribution in [-0.4, -0.2) is 35.3 Å². The second kappa shape index (κ2) is 5.71. The molecule has 0 aromatic heterocycles. The maximum atomic E-state index is 9.00. The van der Waals surface area contributed by atoms with Gasteiger partial charge in [0.1, 0.15) is 11.4 Å². The minimum Gasteiger partial charge on any atom is -0.395 e. The molecule has 2 aliphatic heterocycles. The van der Waals surface area contributed by atoms with Gasteiger partial charge in [-0.2, -0.15) is 0 Å². The van der Waals surface area contributed by atoms with Crippen molar-refractivity contribution in [2.75, 3.05) is 13.2 Å². The highest BCUT2D eigenvalue weighted by atomic mass is 35.5. The molecule has 0 fully saturated rings. The van der Waals surface area contributed by atoms with Crippen LogP contribution in [0.15, 0.2) is 69.4 Å². The van der Waals surface area contributed by atoms with Gasteiger partial charge in [0.15, 0.2) is 0 Å². The summed E-state index contributed by atoms with van der Waals surface area (Å²) in [6, 6.07) is 0. The second-order valence-corrected chi connectivity index (χ2v) is 5.52. The molecule has 4 nitrogen and oxygen atoms in total. The monoisotopic (exact) mass is 315 g/mol. The van der Waals surface area contributed by atoms with E-state index in [-0.39, 0.29) is 24.6 Å². The highest BCUT2D eigenvalue weighted by Crippen LogP contribution is 2.48. The summed E-state index contributed by atoms with van der Waals surface area (Å²) in [4.78, 5) is 9.73. The van der Waals surface area contributed by atoms with Crippen molar-refractivity contribution in [1.29, 1.82) is 0 Å². The van der Waals surface area contributed by atoms with Crippen molar-refractivity contribution >= 4 is 24.0 Å². The van der Waals surface area contributed by atoms with Crippen molar-refractivity contribution in [2.24, 2.45) is 9.98 Å². The topological polar surface area (TPSA) is 57.0 Å². The van der Waals surface area contributed by atoms with Gasteiger partial charge in [-0.05, 0) is 17.7 Å². The van der Waals surface area contributed by atoms with Gasteiger partial charge in [-0.1, -0.05) is 30.4 Å². The predicted octanol–water partition coefficient (Wildman–Crippen LogP) is 2.25. The fourth-order valence-electron chi connectivity index (χ4n) is 3.31. The fraction of sp³-hybridized carbons (Fsp3) is 0.294. The Morgan fingerprint density at radius 3 is 2.95 bits per heavy atom. The second-order valence-electron chi connectivity index (χ2n) is 5.52. The summed E-state index contributed by atoms with van der Waals surface area (Å²) < 4.78 is 0. The SMILES string of the molecule is Cl.OCCNC1=NC2=CC=CCC23N=C2CC=CC=C2C3=C1. The predicted molar refractivity (Wildman–Crippen MR) is 91.7 cm³/mol. The Morgan fingerprint density at radius 1 is 1.23 bits per heavy atom. The molecule has 2 N–H and O–H groups in total. The number of halogens is 1. The van der Waals surface area contributed by atoms with Crippen LogP contribution in [0.2, 0.25) is 0 Å². The Bertz CT molecular complexity index is 709. The number of aliphatic hydroxyl groups is 1. The van der Waals surface area contributed by atoms with Crippen LogP contribution in [0, 0.1) is 0 Å². The van der Waals surface area contributed by atoms with Crippen molar-refractivity contribution in [2.45, 2.75) is 18.4 Å². The van der Waals surface area contributed by atoms with Crippen LogP contribution in [0.25, 0.3) is 0 Å². The smallest absolute Gasteiger partial charge is 0.132 e. The van der Waals surface area contributed by atoms with Gasteiger partial charge >= 0.3 is 0 Å². The van der Waals surface area contributed by atoms with E-state index in [9.17, 15) is 0 Å². The summed E-state index contributed by atoms with van der Waals surface area (Å²) in [6.45, 7) is 0.602. The van der Waals surface area contributed by atoms with Gasteiger partial charge in [0.25, 0.3) is 0 Å². The zero-order valence-electron chi connectivity index (χ0n) is 12.1. The zero-order valence-corrected chi connectivity index (χ0v) is 12.9. The third kappa shape index (κ3) is 2.11. The van der Waals surface area contributed by atoms with Gasteiger partial charge < -0.3 is 10.4 Å². The van der Waals surface area contributed by atoms with E-state index >= 15 is 0 Å². The molecule has 0 saturated heterocycles. The molecule has 0 amide bonds. The molecule has 1 atom stereocenters. The van der Waals surface area contributed by atoms with Gasteiger partial charge in [-0.15, -0.1) is 12.4 Å². The normalized spacial score (nSPS) is 27.2. The van der Waals surface area contributed by atoms with E-state index in [1.165, 1.54) is 11.1 Å². The van der Waals surface area contributed by atoms with E-state index < -0.39 is 0 Å². The number of fused-ring (bicyclic) bond motifs is 2. The Kier molecular flexibility index (Phi) is 3.89. The molecule has 1 unspecified atom stereocenters. The highest BCUT2D eigenvalue weighted by Gasteiger charge is 2.47. The molecule has 5 heteroatoms. The molecule has 2 heterocycles. The van der Waals surface area contributed by atoms with Crippen LogP contribution in [-0.2, 0) is 0 Å². The number of aliphatic hydroxyl groups excluding tert-OH is 1. The van der Waals surface area contributed by atoms with Crippen molar-refractivity contribution in [3.63, 3.8) is 0 Å². The number of amidine groups is 1. The van der Waals surface area contributed by atoms with Crippen LogP contribution in [0.5, 0.6) is 0 Å². The number of hydrogen-bond acceptors (Lipinski definition) is 4. The minimum atomic E-state index is -0.327. The molecule has 114 valence electrons. The Morgan fingerprint density at radius 2 is 2.09 bits per heavy atom. The molecule has 2 aliphatic carbocycles. The minimum absolute atomic E-state index is 0. The quantitative estimate of drug-likeness (QED) is 0.821. The fourth-order valence-corrected chi connectivity index (χ4v) is 3.31. The molecule has 0 radical (unpaired) electrons. The van der Waals surface area contributed by atoms with E-state index in [0.29, 0.717) is 6.54 Å². The zero-order chi connectivity index (χ0) is 14.3. The number of nitrogens with one attached hydrogen (secondary N) is 1. The largest absolute Gasteiger partial charge is 0.395 e. The summed E-state index contributed by atoms with van der Waals surface area (Å²) in [7, 11) is 0. The van der Waals surface area contributed by atoms with Gasteiger partial charge in [0.05, 0.1) is 12.3 Å². The summed E-state index contributed by atoms with van der Waals surface area (Å²) >= 11 is 0. The van der Waals surface area contributed by atoms with E-state index in [2.05, 4.69) is 35.7 Å². The van der Waals surface area contributed by atoms with E-state index in [1.807, 2.05) is 12.2 Å². The number of dihydropyridines is 1. The lowest BCUT2D eigenvalue weighted by molar-refractivity contribution is 0.300. The number of rotatable bonds is 2. The third-order valence-electron chi connectivity index (χ3n) is 4.25. The van der Waals surface area contributed by atoms with Crippen molar-refractivity contribution in [3.05, 3.63) is 59.4 Å². The van der Waals surface area contributed by atoms with E-state index in [1.54, 1.807) is 0 Å². The van der Waals surface area contributed by atoms with Crippen LogP contribution in [0.3, 0.4) is 0 Å². The average molecular weight is 316 g/mol. The Balaban J connectivity index is 0.00000144. The van der Waals surface area contributed by atoms with Gasteiger partial charge in [0.2, 0.25) is 0 Å². The highest BCUT2D eigenvalue weighted by molar-refractivity contribution is 6.13. The molecule has 0 saturated carbocycles. The van der Waals surface area contributed by atoms with Gasteiger partial charge in [-0.25, -0.2) is 4.99 Å². The Hall–Kier alpha value is -1.91. The molecule has 0 bridgehead atoms. The number of hydrogen-bond donors (Lipinski definition) is 2. The number of nitrogens with zero attached hydrogens (tertiary/aromatic N) is 2. The van der Waals surface area contributed by atoms with Crippen LogP contribution in [0.4, 0.5) is 0 Å². The summed E-state index contributed by atoms with van der Waals surface area (Å²) in [6.07, 6.45) is 16.5.